The van der Waals surface area contributed by atoms with Gasteiger partial charge >= 0.3 is 0 Å². The fourth-order valence-corrected chi connectivity index (χ4v) is 9.64. The number of nitrogens with zero attached hydrogens (tertiary/aromatic N) is 2. The molecule has 11 rings (SSSR count). The zero-order valence-corrected chi connectivity index (χ0v) is 27.2. The third kappa shape index (κ3) is 3.64. The lowest BCUT2D eigenvalue weighted by Gasteiger charge is -2.33. The molecule has 49 heavy (non-hydrogen) atoms. The number of fused-ring (bicyclic) bond motifs is 13. The summed E-state index contributed by atoms with van der Waals surface area (Å²) in [5.74, 6) is 0.202. The lowest BCUT2D eigenvalue weighted by atomic mass is 9.68. The van der Waals surface area contributed by atoms with E-state index in [0.717, 1.165) is 36.9 Å². The minimum Gasteiger partial charge on any atom is -0.313 e. The normalized spacial score (nSPS) is 19.2. The molecule has 0 N–H and O–H groups in total. The molecule has 5 aliphatic carbocycles. The summed E-state index contributed by atoms with van der Waals surface area (Å²) in [6.45, 7) is 0. The van der Waals surface area contributed by atoms with Crippen molar-refractivity contribution in [3.63, 3.8) is 0 Å². The molecule has 0 fully saturated rings. The molecular weight excluding hydrogens is 593 g/mol. The van der Waals surface area contributed by atoms with Gasteiger partial charge in [0.2, 0.25) is 0 Å². The monoisotopic (exact) mass is 626 g/mol. The number of hydrogen-bond donors (Lipinski definition) is 0. The van der Waals surface area contributed by atoms with E-state index in [9.17, 15) is 0 Å². The lowest BCUT2D eigenvalue weighted by Crippen LogP contribution is -2.27. The SMILES string of the molecule is C1=CCC=CC(n2c3c(c4cc5c(cc42)C2=C(CCC=C2)C52c4ccccc4-c4ccccc42)C=CC(c2ccc4ccccc4n2)C3)=C1. The molecule has 0 radical (unpaired) electrons. The average Bonchev–Trinajstić information content (AvgIpc) is 3.63. The van der Waals surface area contributed by atoms with Crippen LogP contribution >= 0.6 is 0 Å². The molecule has 1 unspecified atom stereocenters. The van der Waals surface area contributed by atoms with Gasteiger partial charge in [0.25, 0.3) is 0 Å². The van der Waals surface area contributed by atoms with Gasteiger partial charge in [0.1, 0.15) is 0 Å². The number of rotatable bonds is 2. The second-order valence-corrected chi connectivity index (χ2v) is 14.0. The van der Waals surface area contributed by atoms with Crippen LogP contribution in [0.25, 0.3) is 50.3 Å². The molecule has 0 amide bonds. The molecule has 232 valence electrons. The molecule has 2 heterocycles. The third-order valence-electron chi connectivity index (χ3n) is 11.6. The van der Waals surface area contributed by atoms with Crippen LogP contribution in [-0.2, 0) is 11.8 Å². The van der Waals surface area contributed by atoms with E-state index in [-0.39, 0.29) is 11.3 Å². The van der Waals surface area contributed by atoms with Crippen LogP contribution in [0.1, 0.15) is 64.4 Å². The van der Waals surface area contributed by atoms with Gasteiger partial charge in [-0.25, -0.2) is 0 Å². The van der Waals surface area contributed by atoms with E-state index in [1.165, 1.54) is 72.2 Å². The Kier molecular flexibility index (Phi) is 5.64. The summed E-state index contributed by atoms with van der Waals surface area (Å²) in [6, 6.07) is 36.3. The molecule has 4 aromatic carbocycles. The van der Waals surface area contributed by atoms with Gasteiger partial charge in [-0.1, -0.05) is 115 Å². The first-order valence-corrected chi connectivity index (χ1v) is 17.7. The summed E-state index contributed by atoms with van der Waals surface area (Å²) in [4.78, 5) is 5.16. The van der Waals surface area contributed by atoms with E-state index in [4.69, 9.17) is 4.98 Å². The third-order valence-corrected chi connectivity index (χ3v) is 11.6. The van der Waals surface area contributed by atoms with Gasteiger partial charge in [-0.2, -0.15) is 0 Å². The van der Waals surface area contributed by atoms with Crippen molar-refractivity contribution in [2.75, 3.05) is 0 Å². The van der Waals surface area contributed by atoms with Crippen LogP contribution in [-0.4, -0.2) is 9.55 Å². The lowest BCUT2D eigenvalue weighted by molar-refractivity contribution is 0.715. The van der Waals surface area contributed by atoms with E-state index >= 15 is 0 Å². The Hall–Kier alpha value is -5.73. The molecule has 6 aromatic rings. The number of para-hydroxylation sites is 1. The first-order chi connectivity index (χ1) is 24.3. The maximum Gasteiger partial charge on any atom is 0.0705 e. The summed E-state index contributed by atoms with van der Waals surface area (Å²) >= 11 is 0. The van der Waals surface area contributed by atoms with Gasteiger partial charge in [0.15, 0.2) is 0 Å². The molecule has 1 atom stereocenters. The number of hydrogen-bond acceptors (Lipinski definition) is 1. The number of aromatic nitrogens is 2. The summed E-state index contributed by atoms with van der Waals surface area (Å²) in [6.07, 6.45) is 24.9. The minimum absolute atomic E-state index is 0.202. The van der Waals surface area contributed by atoms with Gasteiger partial charge in [-0.15, -0.1) is 0 Å². The van der Waals surface area contributed by atoms with Gasteiger partial charge in [-0.05, 0) is 100 Å². The zero-order chi connectivity index (χ0) is 32.1. The molecule has 5 aliphatic rings. The topological polar surface area (TPSA) is 17.8 Å². The summed E-state index contributed by atoms with van der Waals surface area (Å²) in [5, 5.41) is 2.52. The highest BCUT2D eigenvalue weighted by atomic mass is 15.0. The average molecular weight is 627 g/mol. The first kappa shape index (κ1) is 27.2. The summed E-state index contributed by atoms with van der Waals surface area (Å²) in [7, 11) is 0. The summed E-state index contributed by atoms with van der Waals surface area (Å²) in [5.41, 5.74) is 18.5. The molecule has 0 saturated heterocycles. The predicted octanol–water partition coefficient (Wildman–Crippen LogP) is 11.3. The van der Waals surface area contributed by atoms with Crippen molar-refractivity contribution < 1.29 is 0 Å². The smallest absolute Gasteiger partial charge is 0.0705 e. The number of benzene rings is 4. The standard InChI is InChI=1S/C47H34N2/c1-2-4-15-32(14-3-1)49-45-27-31(44-26-24-30-13-5-12-22-43(30)48-44)23-25-36(45)38-28-42-37(29-46(38)49)35-18-8-11-21-41(35)47(42)39-19-9-6-16-33(39)34-17-7-10-20-40(34)47/h1,3-10,12-20,22-26,28-29,31H,2,11,21,27H2. The molecule has 0 saturated carbocycles. The van der Waals surface area contributed by atoms with Gasteiger partial charge < -0.3 is 4.57 Å². The van der Waals surface area contributed by atoms with Gasteiger partial charge in [-0.3, -0.25) is 4.98 Å². The highest BCUT2D eigenvalue weighted by Gasteiger charge is 2.52. The molecule has 0 aliphatic heterocycles. The Morgan fingerprint density at radius 2 is 1.53 bits per heavy atom. The highest BCUT2D eigenvalue weighted by Crippen LogP contribution is 2.64. The largest absolute Gasteiger partial charge is 0.313 e. The zero-order valence-electron chi connectivity index (χ0n) is 27.2. The Balaban J connectivity index is 1.19. The number of pyridine rings is 1. The predicted molar refractivity (Wildman–Crippen MR) is 203 cm³/mol. The van der Waals surface area contributed by atoms with Crippen molar-refractivity contribution >= 4 is 39.2 Å². The molecule has 2 aromatic heterocycles. The Morgan fingerprint density at radius 1 is 0.714 bits per heavy atom. The van der Waals surface area contributed by atoms with Crippen LogP contribution in [0.15, 0.2) is 151 Å². The van der Waals surface area contributed by atoms with Crippen molar-refractivity contribution in [2.45, 2.75) is 37.0 Å². The molecule has 0 bridgehead atoms. The van der Waals surface area contributed by atoms with Crippen molar-refractivity contribution in [3.8, 4) is 11.1 Å². The maximum absolute atomic E-state index is 5.16. The van der Waals surface area contributed by atoms with E-state index in [0.29, 0.717) is 0 Å². The van der Waals surface area contributed by atoms with E-state index in [1.54, 1.807) is 5.57 Å². The van der Waals surface area contributed by atoms with Gasteiger partial charge in [0.05, 0.1) is 16.4 Å². The molecule has 1 spiro atoms. The van der Waals surface area contributed by atoms with Gasteiger partial charge in [0, 0.05) is 45.8 Å². The molecular formula is C47H34N2. The molecule has 2 nitrogen and oxygen atoms in total. The van der Waals surface area contributed by atoms with Crippen molar-refractivity contribution in [1.82, 2.24) is 9.55 Å². The van der Waals surface area contributed by atoms with Crippen LogP contribution in [0.4, 0.5) is 0 Å². The van der Waals surface area contributed by atoms with Crippen LogP contribution in [0.3, 0.4) is 0 Å². The van der Waals surface area contributed by atoms with E-state index in [1.807, 2.05) is 0 Å². The first-order valence-electron chi connectivity index (χ1n) is 17.7. The highest BCUT2D eigenvalue weighted by molar-refractivity contribution is 6.04. The minimum atomic E-state index is -0.272. The fourth-order valence-electron chi connectivity index (χ4n) is 9.64. The van der Waals surface area contributed by atoms with Crippen molar-refractivity contribution in [3.05, 3.63) is 190 Å². The fraction of sp³-hybridized carbons (Fsp3) is 0.128. The summed E-state index contributed by atoms with van der Waals surface area (Å²) < 4.78 is 2.56. The Bertz CT molecular complexity index is 2570. The van der Waals surface area contributed by atoms with Crippen LogP contribution in [0.5, 0.6) is 0 Å². The van der Waals surface area contributed by atoms with Crippen LogP contribution in [0.2, 0.25) is 0 Å². The Labute approximate surface area is 286 Å². The second kappa shape index (κ2) is 10.1. The van der Waals surface area contributed by atoms with Crippen molar-refractivity contribution in [2.24, 2.45) is 0 Å². The van der Waals surface area contributed by atoms with Crippen LogP contribution < -0.4 is 0 Å². The van der Waals surface area contributed by atoms with Crippen molar-refractivity contribution in [1.29, 1.82) is 0 Å². The van der Waals surface area contributed by atoms with E-state index < -0.39 is 0 Å². The molecule has 2 heteroatoms. The second-order valence-electron chi connectivity index (χ2n) is 14.0. The quantitative estimate of drug-likeness (QED) is 0.187. The van der Waals surface area contributed by atoms with E-state index in [2.05, 4.69) is 156 Å². The van der Waals surface area contributed by atoms with Crippen LogP contribution in [0, 0.1) is 0 Å². The Morgan fingerprint density at radius 3 is 2.41 bits per heavy atom. The number of allylic oxidation sites excluding steroid dienone is 11. The maximum atomic E-state index is 5.16.